The number of allylic oxidation sites excluding steroid dienone is 2. The molecule has 3 aliphatic rings. The van der Waals surface area contributed by atoms with Gasteiger partial charge < -0.3 is 10.2 Å². The molecule has 0 aromatic carbocycles. The summed E-state index contributed by atoms with van der Waals surface area (Å²) in [5.41, 5.74) is 1.01. The second-order valence-corrected chi connectivity index (χ2v) is 8.25. The third kappa shape index (κ3) is 5.17. The van der Waals surface area contributed by atoms with Gasteiger partial charge in [0.25, 0.3) is 0 Å². The lowest BCUT2D eigenvalue weighted by molar-refractivity contribution is -0.120. The maximum atomic E-state index is 11.5. The molecular weight excluding hydrogens is 340 g/mol. The number of nitrogens with one attached hydrogen (secondary N) is 1. The van der Waals surface area contributed by atoms with Gasteiger partial charge in [-0.2, -0.15) is 0 Å². The molecule has 0 unspecified atom stereocenters. The first-order valence-electron chi connectivity index (χ1n) is 10.5. The zero-order chi connectivity index (χ0) is 18.5. The number of hydrogen-bond acceptors (Lipinski definition) is 5. The van der Waals surface area contributed by atoms with Gasteiger partial charge in [-0.3, -0.25) is 9.69 Å². The molecule has 0 saturated carbocycles. The number of aromatic nitrogens is 3. The van der Waals surface area contributed by atoms with Gasteiger partial charge in [-0.15, -0.1) is 5.10 Å². The molecule has 0 bridgehead atoms. The minimum Gasteiger partial charge on any atom is -0.355 e. The van der Waals surface area contributed by atoms with E-state index in [9.17, 15) is 4.79 Å². The van der Waals surface area contributed by atoms with Gasteiger partial charge in [-0.05, 0) is 38.0 Å². The number of piperidine rings is 1. The number of rotatable bonds is 5. The van der Waals surface area contributed by atoms with Crippen LogP contribution in [0.15, 0.2) is 18.3 Å². The van der Waals surface area contributed by atoms with Crippen molar-refractivity contribution in [2.45, 2.75) is 51.1 Å². The van der Waals surface area contributed by atoms with Crippen molar-refractivity contribution in [2.24, 2.45) is 5.92 Å². The second-order valence-electron chi connectivity index (χ2n) is 8.25. The van der Waals surface area contributed by atoms with Crippen molar-refractivity contribution in [1.29, 1.82) is 0 Å². The number of hydrogen-bond donors (Lipinski definition) is 1. The molecular formula is C20H32N6O. The van der Waals surface area contributed by atoms with Crippen molar-refractivity contribution in [3.05, 3.63) is 24.0 Å². The molecule has 27 heavy (non-hydrogen) atoms. The SMILES string of the molecule is O=C1CCN(Cc2cn(C3CCN(C[C@H]4CC=CCC4)CC3)nn2)CCN1. The Bertz CT molecular complexity index is 649. The fourth-order valence-corrected chi connectivity index (χ4v) is 4.52. The van der Waals surface area contributed by atoms with Crippen LogP contribution in [0.2, 0.25) is 0 Å². The fraction of sp³-hybridized carbons (Fsp3) is 0.750. The van der Waals surface area contributed by atoms with Gasteiger partial charge in [0.1, 0.15) is 0 Å². The van der Waals surface area contributed by atoms with E-state index < -0.39 is 0 Å². The van der Waals surface area contributed by atoms with Crippen LogP contribution in [0.5, 0.6) is 0 Å². The van der Waals surface area contributed by atoms with Crippen LogP contribution < -0.4 is 5.32 Å². The second kappa shape index (κ2) is 8.97. The molecule has 2 fully saturated rings. The van der Waals surface area contributed by atoms with Gasteiger partial charge in [-0.1, -0.05) is 17.4 Å². The molecule has 1 aromatic heterocycles. The predicted octanol–water partition coefficient (Wildman–Crippen LogP) is 1.59. The lowest BCUT2D eigenvalue weighted by Gasteiger charge is -2.34. The van der Waals surface area contributed by atoms with Gasteiger partial charge in [0, 0.05) is 52.2 Å². The molecule has 148 valence electrons. The Morgan fingerprint density at radius 3 is 2.78 bits per heavy atom. The summed E-state index contributed by atoms with van der Waals surface area (Å²) in [6.07, 6.45) is 13.5. The van der Waals surface area contributed by atoms with E-state index >= 15 is 0 Å². The van der Waals surface area contributed by atoms with E-state index in [1.165, 1.54) is 38.9 Å². The average molecular weight is 373 g/mol. The molecule has 3 heterocycles. The van der Waals surface area contributed by atoms with Crippen molar-refractivity contribution in [3.8, 4) is 0 Å². The van der Waals surface area contributed by atoms with E-state index in [-0.39, 0.29) is 5.91 Å². The van der Waals surface area contributed by atoms with E-state index in [0.717, 1.165) is 50.6 Å². The topological polar surface area (TPSA) is 66.3 Å². The van der Waals surface area contributed by atoms with Gasteiger partial charge in [-0.25, -0.2) is 4.68 Å². The zero-order valence-corrected chi connectivity index (χ0v) is 16.2. The zero-order valence-electron chi connectivity index (χ0n) is 16.2. The van der Waals surface area contributed by atoms with Crippen LogP contribution in [0.25, 0.3) is 0 Å². The lowest BCUT2D eigenvalue weighted by Crippen LogP contribution is -2.38. The lowest BCUT2D eigenvalue weighted by atomic mass is 9.93. The number of carbonyl (C=O) groups excluding carboxylic acids is 1. The quantitative estimate of drug-likeness (QED) is 0.795. The number of nitrogens with zero attached hydrogens (tertiary/aromatic N) is 5. The molecule has 7 heteroatoms. The Morgan fingerprint density at radius 2 is 1.96 bits per heavy atom. The largest absolute Gasteiger partial charge is 0.355 e. The van der Waals surface area contributed by atoms with Crippen LogP contribution in [-0.2, 0) is 11.3 Å². The van der Waals surface area contributed by atoms with E-state index in [0.29, 0.717) is 12.5 Å². The van der Waals surface area contributed by atoms with Crippen molar-refractivity contribution in [3.63, 3.8) is 0 Å². The molecule has 1 amide bonds. The summed E-state index contributed by atoms with van der Waals surface area (Å²) < 4.78 is 2.08. The summed E-state index contributed by atoms with van der Waals surface area (Å²) in [4.78, 5) is 16.4. The summed E-state index contributed by atoms with van der Waals surface area (Å²) in [6, 6.07) is 0.473. The molecule has 4 rings (SSSR count). The predicted molar refractivity (Wildman–Crippen MR) is 104 cm³/mol. The van der Waals surface area contributed by atoms with E-state index in [4.69, 9.17) is 0 Å². The van der Waals surface area contributed by atoms with E-state index in [1.54, 1.807) is 0 Å². The molecule has 1 N–H and O–H groups in total. The van der Waals surface area contributed by atoms with Gasteiger partial charge in [0.2, 0.25) is 5.91 Å². The normalized spacial score (nSPS) is 26.1. The summed E-state index contributed by atoms with van der Waals surface area (Å²) in [5.74, 6) is 0.997. The average Bonchev–Trinajstić information content (AvgIpc) is 3.06. The molecule has 1 aromatic rings. The first-order chi connectivity index (χ1) is 13.3. The van der Waals surface area contributed by atoms with Gasteiger partial charge in [0.15, 0.2) is 0 Å². The molecule has 2 saturated heterocycles. The third-order valence-electron chi connectivity index (χ3n) is 6.17. The maximum Gasteiger partial charge on any atom is 0.221 e. The molecule has 2 aliphatic heterocycles. The Balaban J connectivity index is 1.24. The highest BCUT2D eigenvalue weighted by Gasteiger charge is 2.24. The highest BCUT2D eigenvalue weighted by molar-refractivity contribution is 5.76. The summed E-state index contributed by atoms with van der Waals surface area (Å²) in [6.45, 7) is 6.77. The van der Waals surface area contributed by atoms with Crippen molar-refractivity contribution in [2.75, 3.05) is 39.3 Å². The fourth-order valence-electron chi connectivity index (χ4n) is 4.52. The van der Waals surface area contributed by atoms with Crippen LogP contribution in [0.4, 0.5) is 0 Å². The first-order valence-corrected chi connectivity index (χ1v) is 10.5. The third-order valence-corrected chi connectivity index (χ3v) is 6.17. The standard InChI is InChI=1S/C20H32N6O/c27-20-8-12-25(13-9-21-20)15-18-16-26(23-22-18)19-6-10-24(11-7-19)14-17-4-2-1-3-5-17/h1-2,16-17,19H,3-15H2,(H,21,27)/t17-/m0/s1. The van der Waals surface area contributed by atoms with Crippen LogP contribution >= 0.6 is 0 Å². The Hall–Kier alpha value is -1.73. The maximum absolute atomic E-state index is 11.5. The minimum absolute atomic E-state index is 0.150. The summed E-state index contributed by atoms with van der Waals surface area (Å²) >= 11 is 0. The molecule has 0 radical (unpaired) electrons. The van der Waals surface area contributed by atoms with Crippen LogP contribution in [0, 0.1) is 5.92 Å². The smallest absolute Gasteiger partial charge is 0.221 e. The van der Waals surface area contributed by atoms with Crippen LogP contribution in [0.3, 0.4) is 0 Å². The minimum atomic E-state index is 0.150. The van der Waals surface area contributed by atoms with Gasteiger partial charge >= 0.3 is 0 Å². The van der Waals surface area contributed by atoms with Gasteiger partial charge in [0.05, 0.1) is 17.9 Å². The molecule has 1 aliphatic carbocycles. The van der Waals surface area contributed by atoms with E-state index in [1.807, 2.05) is 0 Å². The van der Waals surface area contributed by atoms with E-state index in [2.05, 4.69) is 48.5 Å². The highest BCUT2D eigenvalue weighted by atomic mass is 16.1. The number of likely N-dealkylation sites (tertiary alicyclic amines) is 1. The van der Waals surface area contributed by atoms with Crippen LogP contribution in [-0.4, -0.2) is 70.0 Å². The summed E-state index contributed by atoms with van der Waals surface area (Å²) in [5, 5.41) is 11.7. The molecule has 1 atom stereocenters. The first kappa shape index (κ1) is 18.6. The molecule has 0 spiro atoms. The molecule has 7 nitrogen and oxygen atoms in total. The summed E-state index contributed by atoms with van der Waals surface area (Å²) in [7, 11) is 0. The Kier molecular flexibility index (Phi) is 6.19. The van der Waals surface area contributed by atoms with Crippen molar-refractivity contribution < 1.29 is 4.79 Å². The highest BCUT2D eigenvalue weighted by Crippen LogP contribution is 2.25. The Labute approximate surface area is 161 Å². The number of amides is 1. The monoisotopic (exact) mass is 372 g/mol. The number of carbonyl (C=O) groups is 1. The van der Waals surface area contributed by atoms with Crippen molar-refractivity contribution >= 4 is 5.91 Å². The van der Waals surface area contributed by atoms with Crippen molar-refractivity contribution in [1.82, 2.24) is 30.1 Å². The Morgan fingerprint density at radius 1 is 1.07 bits per heavy atom. The van der Waals surface area contributed by atoms with Crippen LogP contribution in [0.1, 0.15) is 50.3 Å².